The lowest BCUT2D eigenvalue weighted by Gasteiger charge is -2.52. The van der Waals surface area contributed by atoms with Gasteiger partial charge in [0, 0.05) is 38.4 Å². The molecule has 1 spiro atoms. The quantitative estimate of drug-likeness (QED) is 0.917. The molecule has 3 aliphatic heterocycles. The number of nitrogens with one attached hydrogen (secondary N) is 1. The van der Waals surface area contributed by atoms with Crippen LogP contribution >= 0.6 is 0 Å². The van der Waals surface area contributed by atoms with Crippen LogP contribution in [-0.4, -0.2) is 44.2 Å². The highest BCUT2D eigenvalue weighted by atomic mass is 19.1. The first-order chi connectivity index (χ1) is 11.6. The molecule has 3 heterocycles. The molecule has 0 saturated carbocycles. The molecule has 24 heavy (non-hydrogen) atoms. The Labute approximate surface area is 145 Å². The van der Waals surface area contributed by atoms with Crippen molar-refractivity contribution in [2.24, 2.45) is 11.3 Å². The predicted molar refractivity (Wildman–Crippen MR) is 96.8 cm³/mol. The number of likely N-dealkylation sites (tertiary alicyclic amines) is 1. The first-order valence-electron chi connectivity index (χ1n) is 9.59. The molecule has 132 valence electrons. The maximum absolute atomic E-state index is 14.1. The summed E-state index contributed by atoms with van der Waals surface area (Å²) in [4.78, 5) is 4.85. The molecular weight excluding hydrogens is 301 g/mol. The van der Waals surface area contributed by atoms with Crippen LogP contribution in [0.2, 0.25) is 0 Å². The molecule has 4 heteroatoms. The molecule has 3 fully saturated rings. The van der Waals surface area contributed by atoms with E-state index in [1.807, 2.05) is 0 Å². The molecule has 0 radical (unpaired) electrons. The van der Waals surface area contributed by atoms with Crippen molar-refractivity contribution in [3.8, 4) is 0 Å². The topological polar surface area (TPSA) is 18.5 Å². The van der Waals surface area contributed by atoms with Gasteiger partial charge in [-0.3, -0.25) is 4.90 Å². The van der Waals surface area contributed by atoms with Crippen molar-refractivity contribution in [1.29, 1.82) is 0 Å². The number of nitrogens with zero attached hydrogens (tertiary/aromatic N) is 2. The van der Waals surface area contributed by atoms with Crippen LogP contribution in [-0.2, 0) is 6.54 Å². The predicted octanol–water partition coefficient (Wildman–Crippen LogP) is 3.25. The summed E-state index contributed by atoms with van der Waals surface area (Å²) in [6, 6.07) is 5.65. The van der Waals surface area contributed by atoms with Crippen LogP contribution in [0.5, 0.6) is 0 Å². The SMILES string of the molecule is CC1CCN(c2cc(F)cc(CN3CC4(CCNCC4)C3)c2)CC1. The minimum absolute atomic E-state index is 0.0850. The second-order valence-electron chi connectivity index (χ2n) is 8.38. The van der Waals surface area contributed by atoms with Crippen molar-refractivity contribution in [1.82, 2.24) is 10.2 Å². The van der Waals surface area contributed by atoms with Crippen LogP contribution in [0.1, 0.15) is 38.2 Å². The number of halogens is 1. The van der Waals surface area contributed by atoms with Gasteiger partial charge in [-0.05, 0) is 73.9 Å². The van der Waals surface area contributed by atoms with Gasteiger partial charge in [0.1, 0.15) is 5.82 Å². The van der Waals surface area contributed by atoms with Gasteiger partial charge in [-0.2, -0.15) is 0 Å². The lowest BCUT2D eigenvalue weighted by molar-refractivity contribution is -0.0282. The van der Waals surface area contributed by atoms with Crippen LogP contribution in [0.15, 0.2) is 18.2 Å². The maximum Gasteiger partial charge on any atom is 0.125 e. The summed E-state index contributed by atoms with van der Waals surface area (Å²) in [6.45, 7) is 10.0. The molecule has 0 aliphatic carbocycles. The smallest absolute Gasteiger partial charge is 0.125 e. The zero-order valence-electron chi connectivity index (χ0n) is 14.9. The van der Waals surface area contributed by atoms with Crippen LogP contribution < -0.4 is 10.2 Å². The van der Waals surface area contributed by atoms with E-state index in [4.69, 9.17) is 0 Å². The van der Waals surface area contributed by atoms with Gasteiger partial charge >= 0.3 is 0 Å². The van der Waals surface area contributed by atoms with Crippen molar-refractivity contribution in [3.63, 3.8) is 0 Å². The minimum Gasteiger partial charge on any atom is -0.371 e. The van der Waals surface area contributed by atoms with E-state index < -0.39 is 0 Å². The van der Waals surface area contributed by atoms with Gasteiger partial charge in [0.2, 0.25) is 0 Å². The molecule has 0 unspecified atom stereocenters. The van der Waals surface area contributed by atoms with Crippen LogP contribution in [0.25, 0.3) is 0 Å². The number of benzene rings is 1. The second kappa shape index (κ2) is 6.64. The van der Waals surface area contributed by atoms with Crippen LogP contribution in [0, 0.1) is 17.2 Å². The monoisotopic (exact) mass is 331 g/mol. The van der Waals surface area contributed by atoms with Gasteiger partial charge in [0.25, 0.3) is 0 Å². The third kappa shape index (κ3) is 3.45. The van der Waals surface area contributed by atoms with Crippen molar-refractivity contribution in [2.45, 2.75) is 39.2 Å². The summed E-state index contributed by atoms with van der Waals surface area (Å²) >= 11 is 0. The summed E-state index contributed by atoms with van der Waals surface area (Å²) in [5.74, 6) is 0.717. The lowest BCUT2D eigenvalue weighted by atomic mass is 9.72. The Morgan fingerprint density at radius 1 is 1.12 bits per heavy atom. The molecule has 1 aromatic rings. The third-order valence-corrected chi connectivity index (χ3v) is 6.28. The summed E-state index contributed by atoms with van der Waals surface area (Å²) in [5, 5.41) is 3.45. The normalized spacial score (nSPS) is 25.0. The fourth-order valence-corrected chi connectivity index (χ4v) is 4.72. The third-order valence-electron chi connectivity index (χ3n) is 6.28. The fraction of sp³-hybridized carbons (Fsp3) is 0.700. The second-order valence-corrected chi connectivity index (χ2v) is 8.38. The fourth-order valence-electron chi connectivity index (χ4n) is 4.72. The standard InChI is InChI=1S/C20H30FN3/c1-16-2-8-24(9-3-16)19-11-17(10-18(21)12-19)13-23-14-20(15-23)4-6-22-7-5-20/h10-12,16,22H,2-9,13-15H2,1H3. The summed E-state index contributed by atoms with van der Waals surface area (Å²) in [7, 11) is 0. The maximum atomic E-state index is 14.1. The van der Waals surface area contributed by atoms with E-state index in [9.17, 15) is 4.39 Å². The molecule has 3 saturated heterocycles. The van der Waals surface area contributed by atoms with Gasteiger partial charge in [0.15, 0.2) is 0 Å². The Bertz CT molecular complexity index is 566. The molecule has 0 amide bonds. The average Bonchev–Trinajstić information content (AvgIpc) is 2.54. The molecule has 3 aliphatic rings. The number of rotatable bonds is 3. The van der Waals surface area contributed by atoms with E-state index in [0.29, 0.717) is 5.41 Å². The Kier molecular flexibility index (Phi) is 4.52. The minimum atomic E-state index is -0.0850. The Balaban J connectivity index is 1.39. The Morgan fingerprint density at radius 3 is 2.54 bits per heavy atom. The Hall–Kier alpha value is -1.13. The first kappa shape index (κ1) is 16.3. The number of hydrogen-bond donors (Lipinski definition) is 1. The first-order valence-corrected chi connectivity index (χ1v) is 9.59. The summed E-state index contributed by atoms with van der Waals surface area (Å²) in [6.07, 6.45) is 5.02. The van der Waals surface area contributed by atoms with Gasteiger partial charge in [-0.25, -0.2) is 4.39 Å². The molecular formula is C20H30FN3. The average molecular weight is 331 g/mol. The van der Waals surface area contributed by atoms with Crippen molar-refractivity contribution >= 4 is 5.69 Å². The molecule has 3 nitrogen and oxygen atoms in total. The summed E-state index contributed by atoms with van der Waals surface area (Å²) in [5.41, 5.74) is 2.76. The lowest BCUT2D eigenvalue weighted by Crippen LogP contribution is -2.59. The van der Waals surface area contributed by atoms with Crippen molar-refractivity contribution in [3.05, 3.63) is 29.6 Å². The largest absolute Gasteiger partial charge is 0.371 e. The number of piperidine rings is 2. The van der Waals surface area contributed by atoms with E-state index in [1.54, 1.807) is 12.1 Å². The molecule has 0 atom stereocenters. The zero-order valence-corrected chi connectivity index (χ0v) is 14.9. The zero-order chi connectivity index (χ0) is 16.6. The highest BCUT2D eigenvalue weighted by Gasteiger charge is 2.42. The molecule has 1 N–H and O–H groups in total. The summed E-state index contributed by atoms with van der Waals surface area (Å²) < 4.78 is 14.1. The molecule has 0 bridgehead atoms. The highest BCUT2D eigenvalue weighted by molar-refractivity contribution is 5.49. The Morgan fingerprint density at radius 2 is 1.83 bits per heavy atom. The van der Waals surface area contributed by atoms with Gasteiger partial charge < -0.3 is 10.2 Å². The van der Waals surface area contributed by atoms with E-state index >= 15 is 0 Å². The molecule has 4 rings (SSSR count). The van der Waals surface area contributed by atoms with Crippen LogP contribution in [0.3, 0.4) is 0 Å². The van der Waals surface area contributed by atoms with Crippen molar-refractivity contribution < 1.29 is 4.39 Å². The van der Waals surface area contributed by atoms with Crippen LogP contribution in [0.4, 0.5) is 10.1 Å². The van der Waals surface area contributed by atoms with Gasteiger partial charge in [0.05, 0.1) is 0 Å². The van der Waals surface area contributed by atoms with E-state index in [2.05, 4.69) is 28.1 Å². The molecule has 0 aromatic heterocycles. The van der Waals surface area contributed by atoms with Gasteiger partial charge in [-0.15, -0.1) is 0 Å². The highest BCUT2D eigenvalue weighted by Crippen LogP contribution is 2.39. The van der Waals surface area contributed by atoms with Crippen molar-refractivity contribution in [2.75, 3.05) is 44.2 Å². The number of anilines is 1. The van der Waals surface area contributed by atoms with Gasteiger partial charge in [-0.1, -0.05) is 6.92 Å². The van der Waals surface area contributed by atoms with E-state index in [1.165, 1.54) is 38.8 Å². The number of hydrogen-bond acceptors (Lipinski definition) is 3. The molecule has 1 aromatic carbocycles. The van der Waals surface area contributed by atoms with E-state index in [-0.39, 0.29) is 5.82 Å². The van der Waals surface area contributed by atoms with E-state index in [0.717, 1.165) is 49.9 Å².